The molecule has 0 aliphatic carbocycles. The van der Waals surface area contributed by atoms with Crippen molar-refractivity contribution >= 4 is 0 Å². The van der Waals surface area contributed by atoms with Crippen LogP contribution < -0.4 is 10.5 Å². The van der Waals surface area contributed by atoms with Crippen LogP contribution in [0.4, 0.5) is 4.39 Å². The van der Waals surface area contributed by atoms with Gasteiger partial charge in [-0.3, -0.25) is 0 Å². The molecular formula is C10H14FNO2. The second-order valence-corrected chi connectivity index (χ2v) is 3.13. The standard InChI is InChI=1S/C10H14FNO2/c1-6(13)9(12)7-4-3-5-8(11)10(7)14-2/h3-6,9,13H,12H2,1-2H3/t6-,9-/m0/s1. The van der Waals surface area contributed by atoms with Gasteiger partial charge in [-0.2, -0.15) is 0 Å². The number of methoxy groups -OCH3 is 1. The van der Waals surface area contributed by atoms with Crippen LogP contribution in [-0.2, 0) is 0 Å². The first-order chi connectivity index (χ1) is 6.57. The zero-order chi connectivity index (χ0) is 10.7. The number of nitrogens with two attached hydrogens (primary N) is 1. The Balaban J connectivity index is 3.13. The first kappa shape index (κ1) is 10.9. The van der Waals surface area contributed by atoms with Crippen LogP contribution in [0.25, 0.3) is 0 Å². The van der Waals surface area contributed by atoms with Gasteiger partial charge in [0.1, 0.15) is 0 Å². The average Bonchev–Trinajstić information content (AvgIpc) is 2.16. The van der Waals surface area contributed by atoms with Gasteiger partial charge >= 0.3 is 0 Å². The van der Waals surface area contributed by atoms with E-state index in [9.17, 15) is 9.50 Å². The quantitative estimate of drug-likeness (QED) is 0.769. The zero-order valence-electron chi connectivity index (χ0n) is 8.20. The summed E-state index contributed by atoms with van der Waals surface area (Å²) >= 11 is 0. The van der Waals surface area contributed by atoms with Crippen LogP contribution in [0.2, 0.25) is 0 Å². The van der Waals surface area contributed by atoms with Crippen molar-refractivity contribution in [2.45, 2.75) is 19.1 Å². The Morgan fingerprint density at radius 1 is 1.50 bits per heavy atom. The number of benzene rings is 1. The van der Waals surface area contributed by atoms with Gasteiger partial charge in [0.05, 0.1) is 19.3 Å². The summed E-state index contributed by atoms with van der Waals surface area (Å²) in [5.41, 5.74) is 6.16. The average molecular weight is 199 g/mol. The highest BCUT2D eigenvalue weighted by atomic mass is 19.1. The summed E-state index contributed by atoms with van der Waals surface area (Å²) in [6.07, 6.45) is -0.745. The third-order valence-electron chi connectivity index (χ3n) is 2.08. The molecule has 0 saturated carbocycles. The predicted octanol–water partition coefficient (Wildman–Crippen LogP) is 1.21. The SMILES string of the molecule is COc1c(F)cccc1[C@@H](N)[C@H](C)O. The Labute approximate surface area is 82.3 Å². The molecule has 3 nitrogen and oxygen atoms in total. The molecule has 78 valence electrons. The number of hydrogen-bond acceptors (Lipinski definition) is 3. The first-order valence-electron chi connectivity index (χ1n) is 4.34. The molecule has 1 aromatic rings. The van der Waals surface area contributed by atoms with Crippen molar-refractivity contribution in [3.05, 3.63) is 29.6 Å². The van der Waals surface area contributed by atoms with Crippen molar-refractivity contribution in [1.82, 2.24) is 0 Å². The Kier molecular flexibility index (Phi) is 3.43. The fourth-order valence-corrected chi connectivity index (χ4v) is 1.26. The van der Waals surface area contributed by atoms with E-state index >= 15 is 0 Å². The van der Waals surface area contributed by atoms with Crippen LogP contribution >= 0.6 is 0 Å². The topological polar surface area (TPSA) is 55.5 Å². The number of ether oxygens (including phenoxy) is 1. The van der Waals surface area contributed by atoms with E-state index in [0.717, 1.165) is 0 Å². The molecule has 0 aliphatic heterocycles. The molecule has 0 radical (unpaired) electrons. The molecule has 0 bridgehead atoms. The smallest absolute Gasteiger partial charge is 0.165 e. The summed E-state index contributed by atoms with van der Waals surface area (Å²) in [7, 11) is 1.37. The number of rotatable bonds is 3. The minimum Gasteiger partial charge on any atom is -0.493 e. The first-order valence-corrected chi connectivity index (χ1v) is 4.34. The maximum absolute atomic E-state index is 13.2. The summed E-state index contributed by atoms with van der Waals surface area (Å²) in [5, 5.41) is 9.28. The molecule has 0 unspecified atom stereocenters. The summed E-state index contributed by atoms with van der Waals surface area (Å²) in [4.78, 5) is 0. The molecule has 0 spiro atoms. The summed E-state index contributed by atoms with van der Waals surface area (Å²) < 4.78 is 18.1. The van der Waals surface area contributed by atoms with E-state index in [-0.39, 0.29) is 5.75 Å². The van der Waals surface area contributed by atoms with Crippen molar-refractivity contribution in [3.8, 4) is 5.75 Å². The fraction of sp³-hybridized carbons (Fsp3) is 0.400. The van der Waals surface area contributed by atoms with E-state index in [1.807, 2.05) is 0 Å². The molecule has 0 aliphatic rings. The monoisotopic (exact) mass is 199 g/mol. The van der Waals surface area contributed by atoms with Gasteiger partial charge < -0.3 is 15.6 Å². The lowest BCUT2D eigenvalue weighted by molar-refractivity contribution is 0.162. The molecule has 2 atom stereocenters. The maximum atomic E-state index is 13.2. The Bertz CT molecular complexity index is 315. The van der Waals surface area contributed by atoms with Crippen LogP contribution in [0.1, 0.15) is 18.5 Å². The van der Waals surface area contributed by atoms with Crippen molar-refractivity contribution in [2.75, 3.05) is 7.11 Å². The fourth-order valence-electron chi connectivity index (χ4n) is 1.26. The molecule has 0 fully saturated rings. The number of aliphatic hydroxyl groups is 1. The number of aliphatic hydroxyl groups excluding tert-OH is 1. The van der Waals surface area contributed by atoms with Gasteiger partial charge in [0.15, 0.2) is 11.6 Å². The van der Waals surface area contributed by atoms with Crippen molar-refractivity contribution in [3.63, 3.8) is 0 Å². The molecule has 1 rings (SSSR count). The van der Waals surface area contributed by atoms with E-state index < -0.39 is 18.0 Å². The lowest BCUT2D eigenvalue weighted by Crippen LogP contribution is -2.23. The van der Waals surface area contributed by atoms with Gasteiger partial charge in [0, 0.05) is 5.56 Å². The Morgan fingerprint density at radius 2 is 2.14 bits per heavy atom. The molecule has 0 aromatic heterocycles. The van der Waals surface area contributed by atoms with E-state index in [1.165, 1.54) is 19.2 Å². The van der Waals surface area contributed by atoms with Gasteiger partial charge in [-0.1, -0.05) is 12.1 Å². The highest BCUT2D eigenvalue weighted by molar-refractivity contribution is 5.37. The van der Waals surface area contributed by atoms with Gasteiger partial charge in [-0.25, -0.2) is 4.39 Å². The summed E-state index contributed by atoms with van der Waals surface area (Å²) in [6.45, 7) is 1.55. The summed E-state index contributed by atoms with van der Waals surface area (Å²) in [5.74, 6) is -0.373. The largest absolute Gasteiger partial charge is 0.493 e. The zero-order valence-corrected chi connectivity index (χ0v) is 8.20. The van der Waals surface area contributed by atoms with E-state index in [4.69, 9.17) is 10.5 Å². The molecule has 0 saturated heterocycles. The predicted molar refractivity (Wildman–Crippen MR) is 51.6 cm³/mol. The molecule has 3 N–H and O–H groups in total. The lowest BCUT2D eigenvalue weighted by atomic mass is 10.0. The number of para-hydroxylation sites is 1. The molecule has 14 heavy (non-hydrogen) atoms. The molecule has 4 heteroatoms. The van der Waals surface area contributed by atoms with Gasteiger partial charge in [-0.05, 0) is 13.0 Å². The highest BCUT2D eigenvalue weighted by Crippen LogP contribution is 2.28. The lowest BCUT2D eigenvalue weighted by Gasteiger charge is -2.18. The van der Waals surface area contributed by atoms with Crippen molar-refractivity contribution in [2.24, 2.45) is 5.73 Å². The molecule has 1 aromatic carbocycles. The van der Waals surface area contributed by atoms with Crippen LogP contribution in [0.5, 0.6) is 5.75 Å². The van der Waals surface area contributed by atoms with Gasteiger partial charge in [-0.15, -0.1) is 0 Å². The van der Waals surface area contributed by atoms with Crippen LogP contribution in [-0.4, -0.2) is 18.3 Å². The number of halogens is 1. The molecule has 0 heterocycles. The Hall–Kier alpha value is -1.13. The van der Waals surface area contributed by atoms with E-state index in [1.54, 1.807) is 13.0 Å². The van der Waals surface area contributed by atoms with Crippen molar-refractivity contribution < 1.29 is 14.2 Å². The molecule has 0 amide bonds. The normalized spacial score (nSPS) is 14.9. The minimum atomic E-state index is -0.745. The van der Waals surface area contributed by atoms with Crippen LogP contribution in [0.3, 0.4) is 0 Å². The van der Waals surface area contributed by atoms with Gasteiger partial charge in [0.2, 0.25) is 0 Å². The minimum absolute atomic E-state index is 0.0981. The van der Waals surface area contributed by atoms with Gasteiger partial charge in [0.25, 0.3) is 0 Å². The van der Waals surface area contributed by atoms with Crippen molar-refractivity contribution in [1.29, 1.82) is 0 Å². The second kappa shape index (κ2) is 4.39. The highest BCUT2D eigenvalue weighted by Gasteiger charge is 2.18. The van der Waals surface area contributed by atoms with E-state index in [2.05, 4.69) is 0 Å². The maximum Gasteiger partial charge on any atom is 0.165 e. The molecular weight excluding hydrogens is 185 g/mol. The Morgan fingerprint density at radius 3 is 2.64 bits per heavy atom. The number of hydrogen-bond donors (Lipinski definition) is 2. The third-order valence-corrected chi connectivity index (χ3v) is 2.08. The van der Waals surface area contributed by atoms with E-state index in [0.29, 0.717) is 5.56 Å². The summed E-state index contributed by atoms with van der Waals surface area (Å²) in [6, 6.07) is 3.83. The second-order valence-electron chi connectivity index (χ2n) is 3.13. The van der Waals surface area contributed by atoms with Crippen LogP contribution in [0.15, 0.2) is 18.2 Å². The van der Waals surface area contributed by atoms with Crippen LogP contribution in [0, 0.1) is 5.82 Å². The third kappa shape index (κ3) is 2.02.